The minimum atomic E-state index is -1.06. The monoisotopic (exact) mass is 269 g/mol. The van der Waals surface area contributed by atoms with E-state index in [9.17, 15) is 9.59 Å². The standard InChI is InChI=1S/C13H16ClNO3/c1-13(2,12(17)18)7-11(16)15-8-9-4-3-5-10(14)6-9/h3-6H,7-8H2,1-2H3,(H,15,16)(H,17,18). The van der Waals surface area contributed by atoms with Gasteiger partial charge in [-0.15, -0.1) is 0 Å². The number of carboxylic acid groups (broad SMARTS) is 1. The lowest BCUT2D eigenvalue weighted by Crippen LogP contribution is -2.33. The van der Waals surface area contributed by atoms with Gasteiger partial charge in [0.15, 0.2) is 0 Å². The van der Waals surface area contributed by atoms with E-state index in [4.69, 9.17) is 16.7 Å². The highest BCUT2D eigenvalue weighted by Gasteiger charge is 2.29. The Morgan fingerprint density at radius 2 is 2.06 bits per heavy atom. The Labute approximate surface area is 111 Å². The normalized spacial score (nSPS) is 11.1. The van der Waals surface area contributed by atoms with Gasteiger partial charge in [-0.3, -0.25) is 9.59 Å². The molecule has 0 fully saturated rings. The first-order chi connectivity index (χ1) is 8.31. The highest BCUT2D eigenvalue weighted by Crippen LogP contribution is 2.20. The molecule has 0 aliphatic carbocycles. The molecule has 0 unspecified atom stereocenters. The summed E-state index contributed by atoms with van der Waals surface area (Å²) in [5.74, 6) is -1.28. The molecule has 1 aromatic rings. The Bertz CT molecular complexity index is 457. The van der Waals surface area contributed by atoms with Crippen molar-refractivity contribution in [1.29, 1.82) is 0 Å². The molecule has 0 aliphatic rings. The van der Waals surface area contributed by atoms with Crippen molar-refractivity contribution in [1.82, 2.24) is 5.32 Å². The lowest BCUT2D eigenvalue weighted by atomic mass is 9.89. The molecule has 4 nitrogen and oxygen atoms in total. The van der Waals surface area contributed by atoms with Crippen molar-refractivity contribution in [3.05, 3.63) is 34.9 Å². The first-order valence-electron chi connectivity index (χ1n) is 5.56. The lowest BCUT2D eigenvalue weighted by Gasteiger charge is -2.18. The number of benzene rings is 1. The van der Waals surface area contributed by atoms with Crippen molar-refractivity contribution < 1.29 is 14.7 Å². The Balaban J connectivity index is 2.50. The van der Waals surface area contributed by atoms with E-state index in [0.29, 0.717) is 11.6 Å². The Morgan fingerprint density at radius 1 is 1.39 bits per heavy atom. The molecule has 0 aliphatic heterocycles. The van der Waals surface area contributed by atoms with Crippen LogP contribution in [0.15, 0.2) is 24.3 Å². The highest BCUT2D eigenvalue weighted by molar-refractivity contribution is 6.30. The molecule has 0 spiro atoms. The van der Waals surface area contributed by atoms with Crippen LogP contribution in [-0.4, -0.2) is 17.0 Å². The molecule has 0 saturated heterocycles. The summed E-state index contributed by atoms with van der Waals surface area (Å²) in [5, 5.41) is 12.2. The number of hydrogen-bond donors (Lipinski definition) is 2. The summed E-state index contributed by atoms with van der Waals surface area (Å²) in [7, 11) is 0. The molecule has 5 heteroatoms. The fourth-order valence-electron chi connectivity index (χ4n) is 1.39. The zero-order valence-corrected chi connectivity index (χ0v) is 11.1. The quantitative estimate of drug-likeness (QED) is 0.863. The van der Waals surface area contributed by atoms with Gasteiger partial charge >= 0.3 is 5.97 Å². The van der Waals surface area contributed by atoms with E-state index in [1.807, 2.05) is 6.07 Å². The summed E-state index contributed by atoms with van der Waals surface area (Å²) in [6, 6.07) is 7.14. The van der Waals surface area contributed by atoms with Crippen molar-refractivity contribution in [2.24, 2.45) is 5.41 Å². The molecule has 0 aromatic heterocycles. The van der Waals surface area contributed by atoms with Crippen LogP contribution in [-0.2, 0) is 16.1 Å². The van der Waals surface area contributed by atoms with Crippen LogP contribution in [0.1, 0.15) is 25.8 Å². The maximum atomic E-state index is 11.6. The lowest BCUT2D eigenvalue weighted by molar-refractivity contribution is -0.149. The van der Waals surface area contributed by atoms with Gasteiger partial charge in [-0.25, -0.2) is 0 Å². The highest BCUT2D eigenvalue weighted by atomic mass is 35.5. The Kier molecular flexibility index (Phi) is 4.73. The number of carbonyl (C=O) groups excluding carboxylic acids is 1. The van der Waals surface area contributed by atoms with Gasteiger partial charge < -0.3 is 10.4 Å². The van der Waals surface area contributed by atoms with Gasteiger partial charge in [0, 0.05) is 18.0 Å². The van der Waals surface area contributed by atoms with Crippen LogP contribution < -0.4 is 5.32 Å². The van der Waals surface area contributed by atoms with E-state index < -0.39 is 11.4 Å². The minimum absolute atomic E-state index is 0.0527. The first-order valence-corrected chi connectivity index (χ1v) is 5.93. The largest absolute Gasteiger partial charge is 0.481 e. The molecule has 18 heavy (non-hydrogen) atoms. The second kappa shape index (κ2) is 5.87. The second-order valence-electron chi connectivity index (χ2n) is 4.77. The number of carbonyl (C=O) groups is 2. The van der Waals surface area contributed by atoms with Gasteiger partial charge in [-0.2, -0.15) is 0 Å². The molecule has 0 saturated carbocycles. The summed E-state index contributed by atoms with van der Waals surface area (Å²) in [6.45, 7) is 3.39. The summed E-state index contributed by atoms with van der Waals surface area (Å²) in [5.41, 5.74) is -0.178. The molecule has 2 N–H and O–H groups in total. The third-order valence-corrected chi connectivity index (χ3v) is 2.80. The van der Waals surface area contributed by atoms with Crippen LogP contribution in [0.25, 0.3) is 0 Å². The van der Waals surface area contributed by atoms with Crippen LogP contribution in [0.4, 0.5) is 0 Å². The SMILES string of the molecule is CC(C)(CC(=O)NCc1cccc(Cl)c1)C(=O)O. The number of hydrogen-bond acceptors (Lipinski definition) is 2. The molecular weight excluding hydrogens is 254 g/mol. The van der Waals surface area contributed by atoms with Crippen LogP contribution in [0, 0.1) is 5.41 Å². The molecule has 1 rings (SSSR count). The van der Waals surface area contributed by atoms with Crippen LogP contribution >= 0.6 is 11.6 Å². The van der Waals surface area contributed by atoms with Crippen molar-refractivity contribution >= 4 is 23.5 Å². The van der Waals surface area contributed by atoms with Gasteiger partial charge in [-0.1, -0.05) is 23.7 Å². The van der Waals surface area contributed by atoms with E-state index in [2.05, 4.69) is 5.32 Å². The molecule has 0 radical (unpaired) electrons. The average molecular weight is 270 g/mol. The molecule has 0 bridgehead atoms. The van der Waals surface area contributed by atoms with Gasteiger partial charge in [0.1, 0.15) is 0 Å². The van der Waals surface area contributed by atoms with Crippen molar-refractivity contribution in [3.8, 4) is 0 Å². The molecule has 1 aromatic carbocycles. The fraction of sp³-hybridized carbons (Fsp3) is 0.385. The van der Waals surface area contributed by atoms with E-state index in [1.54, 1.807) is 18.2 Å². The number of rotatable bonds is 5. The molecule has 0 heterocycles. The van der Waals surface area contributed by atoms with Gasteiger partial charge in [0.25, 0.3) is 0 Å². The van der Waals surface area contributed by atoms with Crippen molar-refractivity contribution in [2.75, 3.05) is 0 Å². The van der Waals surface area contributed by atoms with Gasteiger partial charge in [0.05, 0.1) is 5.41 Å². The van der Waals surface area contributed by atoms with E-state index in [-0.39, 0.29) is 12.3 Å². The van der Waals surface area contributed by atoms with Gasteiger partial charge in [-0.05, 0) is 31.5 Å². The van der Waals surface area contributed by atoms with E-state index in [1.165, 1.54) is 13.8 Å². The van der Waals surface area contributed by atoms with Crippen molar-refractivity contribution in [2.45, 2.75) is 26.8 Å². The average Bonchev–Trinajstić information content (AvgIpc) is 2.25. The predicted molar refractivity (Wildman–Crippen MR) is 69.3 cm³/mol. The van der Waals surface area contributed by atoms with Crippen LogP contribution in [0.3, 0.4) is 0 Å². The van der Waals surface area contributed by atoms with E-state index in [0.717, 1.165) is 5.56 Å². The summed E-state index contributed by atoms with van der Waals surface area (Å²) in [4.78, 5) is 22.5. The number of amides is 1. The minimum Gasteiger partial charge on any atom is -0.481 e. The first kappa shape index (κ1) is 14.5. The zero-order chi connectivity index (χ0) is 13.8. The summed E-state index contributed by atoms with van der Waals surface area (Å²) >= 11 is 5.82. The molecule has 0 atom stereocenters. The topological polar surface area (TPSA) is 66.4 Å². The summed E-state index contributed by atoms with van der Waals surface area (Å²) in [6.07, 6.45) is -0.0527. The predicted octanol–water partition coefficient (Wildman–Crippen LogP) is 2.46. The van der Waals surface area contributed by atoms with Gasteiger partial charge in [0.2, 0.25) is 5.91 Å². The maximum absolute atomic E-state index is 11.6. The Hall–Kier alpha value is -1.55. The zero-order valence-electron chi connectivity index (χ0n) is 10.4. The number of nitrogens with one attached hydrogen (secondary N) is 1. The maximum Gasteiger partial charge on any atom is 0.309 e. The number of aliphatic carboxylic acids is 1. The number of halogens is 1. The second-order valence-corrected chi connectivity index (χ2v) is 5.21. The molecule has 98 valence electrons. The fourth-order valence-corrected chi connectivity index (χ4v) is 1.60. The van der Waals surface area contributed by atoms with Crippen molar-refractivity contribution in [3.63, 3.8) is 0 Å². The molecular formula is C13H16ClNO3. The Morgan fingerprint density at radius 3 is 2.61 bits per heavy atom. The third kappa shape index (κ3) is 4.37. The van der Waals surface area contributed by atoms with Crippen LogP contribution in [0.2, 0.25) is 5.02 Å². The third-order valence-electron chi connectivity index (χ3n) is 2.56. The van der Waals surface area contributed by atoms with Crippen LogP contribution in [0.5, 0.6) is 0 Å². The van der Waals surface area contributed by atoms with E-state index >= 15 is 0 Å². The molecule has 1 amide bonds. The smallest absolute Gasteiger partial charge is 0.309 e. The number of carboxylic acids is 1. The summed E-state index contributed by atoms with van der Waals surface area (Å²) < 4.78 is 0.